The van der Waals surface area contributed by atoms with Gasteiger partial charge in [-0.05, 0) is 90.4 Å². The van der Waals surface area contributed by atoms with Crippen LogP contribution in [0.5, 0.6) is 5.75 Å². The van der Waals surface area contributed by atoms with E-state index in [1.54, 1.807) is 0 Å². The summed E-state index contributed by atoms with van der Waals surface area (Å²) >= 11 is 0. The van der Waals surface area contributed by atoms with Crippen LogP contribution in [0.2, 0.25) is 0 Å². The first kappa shape index (κ1) is 20.9. The van der Waals surface area contributed by atoms with Crippen LogP contribution in [0.1, 0.15) is 5.48 Å². The normalized spacial score (nSPS) is 13.0. The Bertz CT molecular complexity index is 2710. The van der Waals surface area contributed by atoms with Crippen LogP contribution >= 0.6 is 0 Å². The van der Waals surface area contributed by atoms with E-state index in [0.717, 1.165) is 60.0 Å². The Balaban J connectivity index is 1.51. The summed E-state index contributed by atoms with van der Waals surface area (Å²) in [5, 5.41) is 18.9. The van der Waals surface area contributed by atoms with Gasteiger partial charge in [0.25, 0.3) is 0 Å². The van der Waals surface area contributed by atoms with Gasteiger partial charge in [-0.2, -0.15) is 0 Å². The molecule has 0 aliphatic heterocycles. The van der Waals surface area contributed by atoms with Crippen molar-refractivity contribution in [3.05, 3.63) is 152 Å². The van der Waals surface area contributed by atoms with Gasteiger partial charge in [0, 0.05) is 16.3 Å². The fourth-order valence-electron chi connectivity index (χ4n) is 6.81. The molecule has 2 nitrogen and oxygen atoms in total. The number of rotatable bonds is 3. The molecule has 0 atom stereocenters. The molecule has 0 saturated carbocycles. The number of fused-ring (bicyclic) bond motifs is 6. The van der Waals surface area contributed by atoms with Crippen LogP contribution < -0.4 is 0 Å². The number of aromatic hydroxyl groups is 1. The molecule has 0 spiro atoms. The molecule has 1 aromatic heterocycles. The van der Waals surface area contributed by atoms with E-state index >= 15 is 0 Å². The van der Waals surface area contributed by atoms with Gasteiger partial charge in [-0.25, -0.2) is 0 Å². The van der Waals surface area contributed by atoms with Gasteiger partial charge in [-0.15, -0.1) is 0 Å². The Hall–Kier alpha value is -5.86. The number of hydrogen-bond donors (Lipinski definition) is 1. The van der Waals surface area contributed by atoms with Gasteiger partial charge in [0.1, 0.15) is 16.9 Å². The number of benzene rings is 8. The molecule has 0 aliphatic carbocycles. The summed E-state index contributed by atoms with van der Waals surface area (Å²) in [4.78, 5) is 0. The molecule has 9 rings (SSSR count). The minimum atomic E-state index is -0.615. The van der Waals surface area contributed by atoms with Gasteiger partial charge in [0.05, 0.1) is 5.48 Å². The standard InChI is InChI=1S/C42H26O2/c43-30-13-9-12-28(25-30)31-22-23-38-41(36-18-7-8-19-37(36)44-38)42(31)40-34-16-5-3-14-32(34)39(33-15-4-6-17-35(33)40)29-21-20-26-10-1-2-11-27(26)24-29/h1-25,43H/i9D,12D,13D,25D. The summed E-state index contributed by atoms with van der Waals surface area (Å²) in [6, 6.07) is 41.4. The minimum Gasteiger partial charge on any atom is -0.508 e. The zero-order valence-corrected chi connectivity index (χ0v) is 23.5. The summed E-state index contributed by atoms with van der Waals surface area (Å²) in [6.45, 7) is 0. The van der Waals surface area contributed by atoms with Crippen LogP contribution in [-0.4, -0.2) is 5.11 Å². The van der Waals surface area contributed by atoms with Gasteiger partial charge >= 0.3 is 0 Å². The molecule has 8 aromatic carbocycles. The van der Waals surface area contributed by atoms with Crippen molar-refractivity contribution in [3.8, 4) is 39.1 Å². The fraction of sp³-hybridized carbons (Fsp3) is 0. The second-order valence-corrected chi connectivity index (χ2v) is 11.1. The number of phenols is 1. The van der Waals surface area contributed by atoms with E-state index in [0.29, 0.717) is 16.7 Å². The second-order valence-electron chi connectivity index (χ2n) is 11.1. The highest BCUT2D eigenvalue weighted by Gasteiger charge is 2.23. The summed E-state index contributed by atoms with van der Waals surface area (Å²) in [7, 11) is 0. The Morgan fingerprint density at radius 1 is 0.500 bits per heavy atom. The number of furan rings is 1. The summed E-state index contributed by atoms with van der Waals surface area (Å²) < 4.78 is 41.0. The zero-order chi connectivity index (χ0) is 32.7. The van der Waals surface area contributed by atoms with Crippen LogP contribution in [0, 0.1) is 0 Å². The van der Waals surface area contributed by atoms with Crippen molar-refractivity contribution in [2.75, 3.05) is 0 Å². The van der Waals surface area contributed by atoms with Gasteiger partial charge < -0.3 is 9.52 Å². The molecule has 0 bridgehead atoms. The Morgan fingerprint density at radius 3 is 1.89 bits per heavy atom. The van der Waals surface area contributed by atoms with Gasteiger partial charge in [0.15, 0.2) is 0 Å². The van der Waals surface area contributed by atoms with E-state index in [-0.39, 0.29) is 17.6 Å². The van der Waals surface area contributed by atoms with E-state index in [9.17, 15) is 5.11 Å². The van der Waals surface area contributed by atoms with Crippen molar-refractivity contribution in [1.82, 2.24) is 0 Å². The van der Waals surface area contributed by atoms with E-state index in [1.807, 2.05) is 66.7 Å². The van der Waals surface area contributed by atoms with Crippen molar-refractivity contribution < 1.29 is 15.0 Å². The molecule has 0 saturated heterocycles. The van der Waals surface area contributed by atoms with E-state index < -0.39 is 17.8 Å². The Morgan fingerprint density at radius 2 is 1.14 bits per heavy atom. The molecular formula is C42H26O2. The average Bonchev–Trinajstić information content (AvgIpc) is 3.51. The number of phenolic OH excluding ortho intramolecular Hbond substituents is 1. The molecule has 44 heavy (non-hydrogen) atoms. The van der Waals surface area contributed by atoms with Crippen LogP contribution in [-0.2, 0) is 0 Å². The third kappa shape index (κ3) is 3.68. The van der Waals surface area contributed by atoms with Gasteiger partial charge in [0.2, 0.25) is 0 Å². The average molecular weight is 567 g/mol. The molecule has 0 unspecified atom stereocenters. The summed E-state index contributed by atoms with van der Waals surface area (Å²) in [5.74, 6) is -0.615. The van der Waals surface area contributed by atoms with Crippen LogP contribution in [0.3, 0.4) is 0 Å². The molecular weight excluding hydrogens is 536 g/mol. The van der Waals surface area contributed by atoms with Gasteiger partial charge in [-0.3, -0.25) is 0 Å². The topological polar surface area (TPSA) is 33.4 Å². The fourth-order valence-corrected chi connectivity index (χ4v) is 6.81. The molecule has 1 N–H and O–H groups in total. The highest BCUT2D eigenvalue weighted by molar-refractivity contribution is 6.27. The second kappa shape index (κ2) is 9.58. The Kier molecular flexibility index (Phi) is 4.56. The maximum atomic E-state index is 10.8. The first-order valence-corrected chi connectivity index (χ1v) is 14.6. The lowest BCUT2D eigenvalue weighted by molar-refractivity contribution is 0.475. The summed E-state index contributed by atoms with van der Waals surface area (Å²) in [5.41, 5.74) is 5.81. The number of hydrogen-bond acceptors (Lipinski definition) is 2. The van der Waals surface area contributed by atoms with Crippen LogP contribution in [0.25, 0.3) is 87.6 Å². The van der Waals surface area contributed by atoms with E-state index in [2.05, 4.69) is 60.7 Å². The first-order chi connectivity index (χ1) is 23.4. The molecule has 0 amide bonds. The molecule has 206 valence electrons. The highest BCUT2D eigenvalue weighted by Crippen LogP contribution is 2.50. The molecule has 9 aromatic rings. The van der Waals surface area contributed by atoms with E-state index in [4.69, 9.17) is 9.90 Å². The lowest BCUT2D eigenvalue weighted by Crippen LogP contribution is -1.93. The molecule has 2 heteroatoms. The largest absolute Gasteiger partial charge is 0.508 e. The lowest BCUT2D eigenvalue weighted by Gasteiger charge is -2.20. The van der Waals surface area contributed by atoms with Crippen molar-refractivity contribution in [3.63, 3.8) is 0 Å². The SMILES string of the molecule is [2H]c1c([2H])c(O)c([2H])c(-c2ccc3oc4ccccc4c3c2-c2c3ccccc3c(-c3ccc4ccccc4c3)c3ccccc23)c1[2H]. The maximum absolute atomic E-state index is 10.8. The van der Waals surface area contributed by atoms with Crippen LogP contribution in [0.4, 0.5) is 0 Å². The van der Waals surface area contributed by atoms with Crippen molar-refractivity contribution in [1.29, 1.82) is 0 Å². The molecule has 1 heterocycles. The third-order valence-electron chi connectivity index (χ3n) is 8.64. The molecule has 0 aliphatic rings. The minimum absolute atomic E-state index is 0.0995. The first-order valence-electron chi connectivity index (χ1n) is 16.6. The smallest absolute Gasteiger partial charge is 0.136 e. The Labute approximate surface area is 259 Å². The summed E-state index contributed by atoms with van der Waals surface area (Å²) in [6.07, 6.45) is 0. The predicted octanol–water partition coefficient (Wildman–Crippen LogP) is 11.8. The van der Waals surface area contributed by atoms with Crippen molar-refractivity contribution in [2.24, 2.45) is 0 Å². The predicted molar refractivity (Wildman–Crippen MR) is 184 cm³/mol. The quantitative estimate of drug-likeness (QED) is 0.216. The van der Waals surface area contributed by atoms with Gasteiger partial charge in [-0.1, -0.05) is 121 Å². The number of para-hydroxylation sites is 1. The lowest BCUT2D eigenvalue weighted by atomic mass is 9.82. The molecule has 0 fully saturated rings. The third-order valence-corrected chi connectivity index (χ3v) is 8.64. The van der Waals surface area contributed by atoms with Crippen molar-refractivity contribution >= 4 is 54.3 Å². The maximum Gasteiger partial charge on any atom is 0.136 e. The monoisotopic (exact) mass is 566 g/mol. The molecule has 0 radical (unpaired) electrons. The zero-order valence-electron chi connectivity index (χ0n) is 27.5. The van der Waals surface area contributed by atoms with Crippen LogP contribution in [0.15, 0.2) is 156 Å². The van der Waals surface area contributed by atoms with E-state index in [1.165, 1.54) is 5.39 Å². The van der Waals surface area contributed by atoms with Crippen molar-refractivity contribution in [2.45, 2.75) is 0 Å². The highest BCUT2D eigenvalue weighted by atomic mass is 16.3.